The number of benzene rings is 3. The van der Waals surface area contributed by atoms with Gasteiger partial charge in [0.1, 0.15) is 6.54 Å². The fraction of sp³-hybridized carbons (Fsp3) is 0.240. The summed E-state index contributed by atoms with van der Waals surface area (Å²) in [6, 6.07) is 21.4. The molecule has 3 aromatic rings. The minimum absolute atomic E-state index is 0.149. The summed E-state index contributed by atoms with van der Waals surface area (Å²) in [4.78, 5) is 12.9. The van der Waals surface area contributed by atoms with Gasteiger partial charge in [-0.3, -0.25) is 9.10 Å². The number of carbonyl (C=O) groups excluding carboxylic acids is 1. The summed E-state index contributed by atoms with van der Waals surface area (Å²) >= 11 is 5.90. The van der Waals surface area contributed by atoms with E-state index in [1.54, 1.807) is 24.3 Å². The minimum Gasteiger partial charge on any atom is -0.355 e. The summed E-state index contributed by atoms with van der Waals surface area (Å²) in [6.45, 7) is 3.90. The third-order valence-corrected chi connectivity index (χ3v) is 7.16. The normalized spacial score (nSPS) is 11.2. The average Bonchev–Trinajstić information content (AvgIpc) is 2.78. The van der Waals surface area contributed by atoms with Crippen LogP contribution in [0.15, 0.2) is 77.7 Å². The molecule has 7 heteroatoms. The first-order valence-corrected chi connectivity index (χ1v) is 12.3. The molecule has 0 saturated heterocycles. The van der Waals surface area contributed by atoms with Crippen LogP contribution in [0.3, 0.4) is 0 Å². The van der Waals surface area contributed by atoms with Gasteiger partial charge in [-0.1, -0.05) is 54.1 Å². The average molecular weight is 471 g/mol. The smallest absolute Gasteiger partial charge is 0.264 e. The van der Waals surface area contributed by atoms with E-state index in [-0.39, 0.29) is 17.3 Å². The largest absolute Gasteiger partial charge is 0.355 e. The van der Waals surface area contributed by atoms with Crippen molar-refractivity contribution < 1.29 is 13.2 Å². The van der Waals surface area contributed by atoms with E-state index in [4.69, 9.17) is 11.6 Å². The van der Waals surface area contributed by atoms with Crippen molar-refractivity contribution in [3.05, 3.63) is 94.5 Å². The molecule has 3 aromatic carbocycles. The van der Waals surface area contributed by atoms with Crippen molar-refractivity contribution in [1.82, 2.24) is 5.32 Å². The van der Waals surface area contributed by atoms with Crippen molar-refractivity contribution in [2.75, 3.05) is 17.4 Å². The van der Waals surface area contributed by atoms with Gasteiger partial charge in [0.15, 0.2) is 0 Å². The molecule has 0 saturated carbocycles. The van der Waals surface area contributed by atoms with Crippen LogP contribution in [0.4, 0.5) is 5.69 Å². The summed E-state index contributed by atoms with van der Waals surface area (Å²) in [5, 5.41) is 3.54. The monoisotopic (exact) mass is 470 g/mol. The number of aryl methyl sites for hydroxylation is 3. The van der Waals surface area contributed by atoms with Gasteiger partial charge in [0.2, 0.25) is 5.91 Å². The Balaban J connectivity index is 1.73. The van der Waals surface area contributed by atoms with E-state index in [2.05, 4.69) is 5.32 Å². The molecule has 0 bridgehead atoms. The van der Waals surface area contributed by atoms with Gasteiger partial charge in [-0.15, -0.1) is 0 Å². The predicted molar refractivity (Wildman–Crippen MR) is 130 cm³/mol. The van der Waals surface area contributed by atoms with E-state index in [0.717, 1.165) is 29.5 Å². The molecule has 1 N–H and O–H groups in total. The van der Waals surface area contributed by atoms with Gasteiger partial charge >= 0.3 is 0 Å². The lowest BCUT2D eigenvalue weighted by Crippen LogP contribution is -2.41. The molecule has 3 rings (SSSR count). The highest BCUT2D eigenvalue weighted by Gasteiger charge is 2.28. The molecule has 32 heavy (non-hydrogen) atoms. The summed E-state index contributed by atoms with van der Waals surface area (Å²) in [6.07, 6.45) is 1.53. The molecule has 0 aliphatic carbocycles. The first-order chi connectivity index (χ1) is 15.3. The number of halogens is 1. The lowest BCUT2D eigenvalue weighted by Gasteiger charge is -2.26. The maximum Gasteiger partial charge on any atom is 0.264 e. The number of rotatable bonds is 9. The van der Waals surface area contributed by atoms with Gasteiger partial charge in [0, 0.05) is 11.6 Å². The number of anilines is 1. The van der Waals surface area contributed by atoms with Crippen LogP contribution in [0, 0.1) is 13.8 Å². The topological polar surface area (TPSA) is 66.5 Å². The molecule has 5 nitrogen and oxygen atoms in total. The van der Waals surface area contributed by atoms with E-state index in [1.165, 1.54) is 16.4 Å². The molecule has 0 spiro atoms. The molecule has 168 valence electrons. The fourth-order valence-corrected chi connectivity index (χ4v) is 4.99. The summed E-state index contributed by atoms with van der Waals surface area (Å²) < 4.78 is 28.0. The number of hydrogen-bond acceptors (Lipinski definition) is 3. The van der Waals surface area contributed by atoms with Gasteiger partial charge in [-0.25, -0.2) is 8.42 Å². The Kier molecular flexibility index (Phi) is 7.94. The van der Waals surface area contributed by atoms with E-state index in [9.17, 15) is 13.2 Å². The molecule has 0 radical (unpaired) electrons. The Labute approximate surface area is 195 Å². The first-order valence-electron chi connectivity index (χ1n) is 10.4. The van der Waals surface area contributed by atoms with Crippen LogP contribution >= 0.6 is 11.6 Å². The molecular weight excluding hydrogens is 444 g/mol. The standard InChI is InChI=1S/C25H27ClN2O3S/c1-19-10-11-20(2)24(17-19)28(32(30,31)23-8-4-3-5-9-23)18-25(29)27-16-6-7-21-12-14-22(26)15-13-21/h3-5,8-15,17H,6-7,16,18H2,1-2H3,(H,27,29). The fourth-order valence-electron chi connectivity index (χ4n) is 3.37. The van der Waals surface area contributed by atoms with Gasteiger partial charge in [0.25, 0.3) is 10.0 Å². The van der Waals surface area contributed by atoms with E-state index >= 15 is 0 Å². The predicted octanol–water partition coefficient (Wildman–Crippen LogP) is 4.90. The zero-order valence-electron chi connectivity index (χ0n) is 18.2. The number of carbonyl (C=O) groups is 1. The van der Waals surface area contributed by atoms with Crippen molar-refractivity contribution >= 4 is 33.2 Å². The molecule has 0 fully saturated rings. The third-order valence-electron chi connectivity index (χ3n) is 5.13. The van der Waals surface area contributed by atoms with Crippen molar-refractivity contribution in [2.45, 2.75) is 31.6 Å². The van der Waals surface area contributed by atoms with Crippen LogP contribution in [0.25, 0.3) is 0 Å². The quantitative estimate of drug-likeness (QED) is 0.452. The second kappa shape index (κ2) is 10.7. The molecular formula is C25H27ClN2O3S. The second-order valence-electron chi connectivity index (χ2n) is 7.69. The third kappa shape index (κ3) is 6.11. The number of hydrogen-bond donors (Lipinski definition) is 1. The zero-order chi connectivity index (χ0) is 23.1. The van der Waals surface area contributed by atoms with Crippen LogP contribution < -0.4 is 9.62 Å². The second-order valence-corrected chi connectivity index (χ2v) is 9.99. The Hall–Kier alpha value is -2.83. The zero-order valence-corrected chi connectivity index (χ0v) is 19.8. The Morgan fingerprint density at radius 1 is 0.969 bits per heavy atom. The molecule has 0 atom stereocenters. The summed E-state index contributed by atoms with van der Waals surface area (Å²) in [5.41, 5.74) is 3.34. The van der Waals surface area contributed by atoms with Crippen LogP contribution in [0.5, 0.6) is 0 Å². The molecule has 0 aliphatic rings. The van der Waals surface area contributed by atoms with Crippen LogP contribution in [-0.2, 0) is 21.2 Å². The van der Waals surface area contributed by atoms with E-state index < -0.39 is 10.0 Å². The summed E-state index contributed by atoms with van der Waals surface area (Å²) in [5.74, 6) is -0.346. The first kappa shape index (κ1) is 23.8. The highest BCUT2D eigenvalue weighted by molar-refractivity contribution is 7.92. The number of amides is 1. The SMILES string of the molecule is Cc1ccc(C)c(N(CC(=O)NCCCc2ccc(Cl)cc2)S(=O)(=O)c2ccccc2)c1. The number of sulfonamides is 1. The van der Waals surface area contributed by atoms with Crippen LogP contribution in [-0.4, -0.2) is 27.4 Å². The Bertz CT molecular complexity index is 1160. The molecule has 0 aliphatic heterocycles. The van der Waals surface area contributed by atoms with Crippen molar-refractivity contribution in [3.8, 4) is 0 Å². The molecule has 0 unspecified atom stereocenters. The Morgan fingerprint density at radius 3 is 2.34 bits per heavy atom. The number of nitrogens with one attached hydrogen (secondary N) is 1. The minimum atomic E-state index is -3.91. The van der Waals surface area contributed by atoms with Crippen molar-refractivity contribution in [3.63, 3.8) is 0 Å². The van der Waals surface area contributed by atoms with Gasteiger partial charge in [-0.2, -0.15) is 0 Å². The van der Waals surface area contributed by atoms with Gasteiger partial charge in [-0.05, 0) is 73.7 Å². The highest BCUT2D eigenvalue weighted by atomic mass is 35.5. The maximum atomic E-state index is 13.4. The molecule has 0 heterocycles. The highest BCUT2D eigenvalue weighted by Crippen LogP contribution is 2.27. The maximum absolute atomic E-state index is 13.4. The van der Waals surface area contributed by atoms with E-state index in [1.807, 2.05) is 50.2 Å². The molecule has 1 amide bonds. The van der Waals surface area contributed by atoms with Crippen LogP contribution in [0.2, 0.25) is 5.02 Å². The van der Waals surface area contributed by atoms with E-state index in [0.29, 0.717) is 17.3 Å². The van der Waals surface area contributed by atoms with Gasteiger partial charge in [0.05, 0.1) is 10.6 Å². The van der Waals surface area contributed by atoms with Crippen molar-refractivity contribution in [1.29, 1.82) is 0 Å². The lowest BCUT2D eigenvalue weighted by molar-refractivity contribution is -0.119. The van der Waals surface area contributed by atoms with Crippen LogP contribution in [0.1, 0.15) is 23.1 Å². The lowest BCUT2D eigenvalue weighted by atomic mass is 10.1. The molecule has 0 aromatic heterocycles. The Morgan fingerprint density at radius 2 is 1.66 bits per heavy atom. The number of nitrogens with zero attached hydrogens (tertiary/aromatic N) is 1. The van der Waals surface area contributed by atoms with Crippen molar-refractivity contribution in [2.24, 2.45) is 0 Å². The van der Waals surface area contributed by atoms with Gasteiger partial charge < -0.3 is 5.32 Å². The summed E-state index contributed by atoms with van der Waals surface area (Å²) in [7, 11) is -3.91.